The van der Waals surface area contributed by atoms with Gasteiger partial charge in [0, 0.05) is 17.7 Å². The van der Waals surface area contributed by atoms with Crippen LogP contribution in [0.1, 0.15) is 5.69 Å². The van der Waals surface area contributed by atoms with Gasteiger partial charge in [-0.25, -0.2) is 4.98 Å². The zero-order valence-corrected chi connectivity index (χ0v) is 11.6. The first-order valence-electron chi connectivity index (χ1n) is 5.86. The third kappa shape index (κ3) is 2.46. The Morgan fingerprint density at radius 2 is 2.00 bits per heavy atom. The summed E-state index contributed by atoms with van der Waals surface area (Å²) in [6.45, 7) is 1.80. The van der Waals surface area contributed by atoms with Gasteiger partial charge >= 0.3 is 0 Å². The van der Waals surface area contributed by atoms with Crippen LogP contribution in [-0.2, 0) is 0 Å². The van der Waals surface area contributed by atoms with Crippen molar-refractivity contribution < 1.29 is 9.45 Å². The lowest BCUT2D eigenvalue weighted by Crippen LogP contribution is -1.87. The van der Waals surface area contributed by atoms with Crippen molar-refractivity contribution in [2.24, 2.45) is 0 Å². The second-order valence-electron chi connectivity index (χ2n) is 4.19. The molecular formula is C12H9N5O3S. The van der Waals surface area contributed by atoms with Gasteiger partial charge in [-0.15, -0.1) is 0 Å². The number of nitrogens with two attached hydrogens (primary N) is 1. The van der Waals surface area contributed by atoms with Gasteiger partial charge in [-0.1, -0.05) is 16.5 Å². The molecule has 0 spiro atoms. The minimum Gasteiger partial charge on any atom is -0.375 e. The fraction of sp³-hybridized carbons (Fsp3) is 0.0833. The number of benzene rings is 1. The summed E-state index contributed by atoms with van der Waals surface area (Å²) in [5, 5.41) is 14.9. The van der Waals surface area contributed by atoms with Crippen molar-refractivity contribution in [3.05, 3.63) is 40.1 Å². The minimum atomic E-state index is -0.463. The largest absolute Gasteiger partial charge is 0.375 e. The molecule has 21 heavy (non-hydrogen) atoms. The molecule has 106 valence electrons. The van der Waals surface area contributed by atoms with Gasteiger partial charge in [0.2, 0.25) is 5.82 Å². The van der Waals surface area contributed by atoms with E-state index in [0.29, 0.717) is 27.3 Å². The molecule has 2 heterocycles. The van der Waals surface area contributed by atoms with Crippen LogP contribution >= 0.6 is 11.3 Å². The predicted octanol–water partition coefficient (Wildman–Crippen LogP) is 2.66. The molecule has 8 nitrogen and oxygen atoms in total. The first-order chi connectivity index (χ1) is 10.0. The number of thiazole rings is 1. The average Bonchev–Trinajstić information content (AvgIpc) is 3.05. The Balaban J connectivity index is 1.94. The summed E-state index contributed by atoms with van der Waals surface area (Å²) in [5.41, 5.74) is 6.99. The highest BCUT2D eigenvalue weighted by Gasteiger charge is 2.16. The molecule has 0 unspecified atom stereocenters. The van der Waals surface area contributed by atoms with Gasteiger partial charge in [-0.2, -0.15) is 4.98 Å². The summed E-state index contributed by atoms with van der Waals surface area (Å²) in [5.74, 6) is 0.682. The third-order valence-electron chi connectivity index (χ3n) is 2.77. The van der Waals surface area contributed by atoms with Crippen LogP contribution in [-0.4, -0.2) is 20.0 Å². The Kier molecular flexibility index (Phi) is 3.10. The molecule has 0 bridgehead atoms. The molecule has 0 radical (unpaired) electrons. The molecule has 3 aromatic rings. The number of nitrogen functional groups attached to an aromatic ring is 1. The summed E-state index contributed by atoms with van der Waals surface area (Å²) in [7, 11) is 0. The number of hydrogen-bond acceptors (Lipinski definition) is 8. The van der Waals surface area contributed by atoms with Crippen molar-refractivity contribution in [1.29, 1.82) is 0 Å². The van der Waals surface area contributed by atoms with E-state index in [-0.39, 0.29) is 5.69 Å². The van der Waals surface area contributed by atoms with E-state index in [9.17, 15) is 10.1 Å². The van der Waals surface area contributed by atoms with Crippen molar-refractivity contribution in [3.8, 4) is 22.2 Å². The summed E-state index contributed by atoms with van der Waals surface area (Å²) < 4.78 is 5.20. The number of nitrogens with zero attached hydrogens (tertiary/aromatic N) is 4. The monoisotopic (exact) mass is 303 g/mol. The minimum absolute atomic E-state index is 0.00791. The second-order valence-corrected chi connectivity index (χ2v) is 5.22. The molecule has 2 aromatic heterocycles. The van der Waals surface area contributed by atoms with E-state index in [0.717, 1.165) is 5.69 Å². The van der Waals surface area contributed by atoms with Crippen molar-refractivity contribution in [1.82, 2.24) is 15.1 Å². The lowest BCUT2D eigenvalue weighted by atomic mass is 10.2. The normalized spacial score (nSPS) is 10.7. The third-order valence-corrected chi connectivity index (χ3v) is 3.74. The van der Waals surface area contributed by atoms with Gasteiger partial charge in [0.1, 0.15) is 4.88 Å². The molecule has 3 rings (SSSR count). The summed E-state index contributed by atoms with van der Waals surface area (Å²) in [6.07, 6.45) is 0. The number of nitro benzene ring substituents is 1. The van der Waals surface area contributed by atoms with Crippen molar-refractivity contribution in [2.75, 3.05) is 5.73 Å². The Bertz CT molecular complexity index is 809. The van der Waals surface area contributed by atoms with Crippen LogP contribution < -0.4 is 5.73 Å². The second kappa shape index (κ2) is 4.94. The number of hydrogen-bond donors (Lipinski definition) is 1. The Morgan fingerprint density at radius 3 is 2.57 bits per heavy atom. The number of anilines is 1. The molecule has 2 N–H and O–H groups in total. The highest BCUT2D eigenvalue weighted by atomic mass is 32.1. The number of rotatable bonds is 3. The Hall–Kier alpha value is -2.81. The number of nitro groups is 1. The van der Waals surface area contributed by atoms with Crippen LogP contribution in [0.15, 0.2) is 28.8 Å². The van der Waals surface area contributed by atoms with Gasteiger partial charge < -0.3 is 10.3 Å². The molecule has 1 aromatic carbocycles. The number of non-ortho nitro benzene ring substituents is 1. The van der Waals surface area contributed by atoms with Gasteiger partial charge in [0.15, 0.2) is 5.13 Å². The zero-order valence-electron chi connectivity index (χ0n) is 10.8. The maximum absolute atomic E-state index is 10.6. The highest BCUT2D eigenvalue weighted by Crippen LogP contribution is 2.31. The van der Waals surface area contributed by atoms with Crippen LogP contribution in [0, 0.1) is 17.0 Å². The molecular weight excluding hydrogens is 294 g/mol. The highest BCUT2D eigenvalue weighted by molar-refractivity contribution is 7.18. The molecule has 9 heteroatoms. The smallest absolute Gasteiger partial charge is 0.270 e. The van der Waals surface area contributed by atoms with Crippen LogP contribution in [0.2, 0.25) is 0 Å². The Morgan fingerprint density at radius 1 is 1.29 bits per heavy atom. The molecule has 0 aliphatic carbocycles. The lowest BCUT2D eigenvalue weighted by Gasteiger charge is -1.93. The predicted molar refractivity (Wildman–Crippen MR) is 76.6 cm³/mol. The van der Waals surface area contributed by atoms with E-state index in [4.69, 9.17) is 10.3 Å². The summed E-state index contributed by atoms with van der Waals surface area (Å²) >= 11 is 1.26. The molecule has 0 saturated carbocycles. The maximum atomic E-state index is 10.6. The quantitative estimate of drug-likeness (QED) is 0.583. The van der Waals surface area contributed by atoms with Crippen LogP contribution in [0.5, 0.6) is 0 Å². The molecule has 0 amide bonds. The van der Waals surface area contributed by atoms with Gasteiger partial charge in [-0.3, -0.25) is 10.1 Å². The lowest BCUT2D eigenvalue weighted by molar-refractivity contribution is -0.384. The first kappa shape index (κ1) is 13.2. The van der Waals surface area contributed by atoms with Gasteiger partial charge in [0.25, 0.3) is 11.6 Å². The van der Waals surface area contributed by atoms with E-state index in [2.05, 4.69) is 15.1 Å². The van der Waals surface area contributed by atoms with Gasteiger partial charge in [0.05, 0.1) is 10.6 Å². The number of aromatic nitrogens is 3. The van der Waals surface area contributed by atoms with E-state index in [1.165, 1.54) is 23.5 Å². The summed E-state index contributed by atoms with van der Waals surface area (Å²) in [4.78, 5) is 19.2. The molecule has 0 atom stereocenters. The molecule has 0 saturated heterocycles. The maximum Gasteiger partial charge on any atom is 0.270 e. The SMILES string of the molecule is Cc1nc(N)sc1-c1nc(-c2ccc([N+](=O)[O-])cc2)no1. The van der Waals surface area contributed by atoms with E-state index in [1.54, 1.807) is 19.1 Å². The topological polar surface area (TPSA) is 121 Å². The van der Waals surface area contributed by atoms with E-state index < -0.39 is 4.92 Å². The van der Waals surface area contributed by atoms with Crippen molar-refractivity contribution in [2.45, 2.75) is 6.92 Å². The first-order valence-corrected chi connectivity index (χ1v) is 6.68. The Labute approximate surface area is 122 Å². The average molecular weight is 303 g/mol. The van der Waals surface area contributed by atoms with E-state index >= 15 is 0 Å². The standard InChI is InChI=1S/C12H9N5O3S/c1-6-9(21-12(13)14-6)11-15-10(16-20-11)7-2-4-8(5-3-7)17(18)19/h2-5H,1H3,(H2,13,14). The molecule has 0 fully saturated rings. The summed E-state index contributed by atoms with van der Waals surface area (Å²) in [6, 6.07) is 5.92. The van der Waals surface area contributed by atoms with E-state index in [1.807, 2.05) is 0 Å². The van der Waals surface area contributed by atoms with Crippen LogP contribution in [0.4, 0.5) is 10.8 Å². The fourth-order valence-corrected chi connectivity index (χ4v) is 2.54. The zero-order chi connectivity index (χ0) is 15.0. The van der Waals surface area contributed by atoms with Crippen molar-refractivity contribution in [3.63, 3.8) is 0 Å². The molecule has 0 aliphatic rings. The van der Waals surface area contributed by atoms with Crippen LogP contribution in [0.3, 0.4) is 0 Å². The van der Waals surface area contributed by atoms with Crippen molar-refractivity contribution >= 4 is 22.2 Å². The number of aryl methyl sites for hydroxylation is 1. The van der Waals surface area contributed by atoms with Gasteiger partial charge in [-0.05, 0) is 19.1 Å². The fourth-order valence-electron chi connectivity index (χ4n) is 1.78. The van der Waals surface area contributed by atoms with Crippen LogP contribution in [0.25, 0.3) is 22.2 Å². The molecule has 0 aliphatic heterocycles.